The molecule has 1 amide bonds. The molecule has 0 radical (unpaired) electrons. The van der Waals surface area contributed by atoms with E-state index in [0.717, 1.165) is 30.2 Å². The molecule has 2 rings (SSSR count). The molecule has 1 fully saturated rings. The number of carbonyl (C=O) groups is 1. The van der Waals surface area contributed by atoms with Crippen LogP contribution in [-0.2, 0) is 4.79 Å². The maximum Gasteiger partial charge on any atom is 0.220 e. The Morgan fingerprint density at radius 2 is 2.11 bits per heavy atom. The van der Waals surface area contributed by atoms with Crippen LogP contribution in [0.3, 0.4) is 0 Å². The van der Waals surface area contributed by atoms with Gasteiger partial charge in [0.05, 0.1) is 0 Å². The number of amides is 1. The van der Waals surface area contributed by atoms with E-state index >= 15 is 0 Å². The minimum Gasteiger partial charge on any atom is -0.370 e. The van der Waals surface area contributed by atoms with Gasteiger partial charge in [-0.15, -0.1) is 0 Å². The number of hydrogen-bond acceptors (Lipinski definition) is 5. The van der Waals surface area contributed by atoms with Crippen LogP contribution in [0.2, 0.25) is 0 Å². The van der Waals surface area contributed by atoms with E-state index in [2.05, 4.69) is 25.9 Å². The van der Waals surface area contributed by atoms with Crippen molar-refractivity contribution in [3.63, 3.8) is 0 Å². The van der Waals surface area contributed by atoms with E-state index in [1.807, 2.05) is 13.8 Å². The second-order valence-electron chi connectivity index (χ2n) is 4.41. The average molecular weight is 249 g/mol. The Morgan fingerprint density at radius 1 is 1.39 bits per heavy atom. The van der Waals surface area contributed by atoms with Crippen LogP contribution in [0.5, 0.6) is 0 Å². The molecule has 0 bridgehead atoms. The molecular formula is C12H19N5O. The van der Waals surface area contributed by atoms with Crippen LogP contribution in [-0.4, -0.2) is 35.0 Å². The largest absolute Gasteiger partial charge is 0.370 e. The highest BCUT2D eigenvalue weighted by atomic mass is 16.1. The lowest BCUT2D eigenvalue weighted by Crippen LogP contribution is -2.32. The van der Waals surface area contributed by atoms with Crippen molar-refractivity contribution in [2.45, 2.75) is 32.7 Å². The predicted molar refractivity (Wildman–Crippen MR) is 70.6 cm³/mol. The molecule has 6 nitrogen and oxygen atoms in total. The van der Waals surface area contributed by atoms with Gasteiger partial charge in [0, 0.05) is 31.1 Å². The SMILES string of the molecule is CCNc1ncnc(NCC2CCC(=O)N2)c1C. The van der Waals surface area contributed by atoms with Crippen molar-refractivity contribution in [2.75, 3.05) is 23.7 Å². The summed E-state index contributed by atoms with van der Waals surface area (Å²) in [6.45, 7) is 5.54. The molecule has 1 atom stereocenters. The molecule has 98 valence electrons. The molecule has 1 unspecified atom stereocenters. The lowest BCUT2D eigenvalue weighted by atomic mass is 10.2. The molecule has 1 aliphatic rings. The van der Waals surface area contributed by atoms with Crippen molar-refractivity contribution >= 4 is 17.5 Å². The zero-order valence-corrected chi connectivity index (χ0v) is 10.8. The smallest absolute Gasteiger partial charge is 0.220 e. The van der Waals surface area contributed by atoms with Gasteiger partial charge < -0.3 is 16.0 Å². The van der Waals surface area contributed by atoms with Gasteiger partial charge in [0.25, 0.3) is 0 Å². The first-order valence-corrected chi connectivity index (χ1v) is 6.29. The summed E-state index contributed by atoms with van der Waals surface area (Å²) in [5.74, 6) is 1.81. The summed E-state index contributed by atoms with van der Waals surface area (Å²) in [5.41, 5.74) is 1.00. The van der Waals surface area contributed by atoms with Gasteiger partial charge in [-0.3, -0.25) is 4.79 Å². The minimum atomic E-state index is 0.134. The number of nitrogens with one attached hydrogen (secondary N) is 3. The summed E-state index contributed by atoms with van der Waals surface area (Å²) < 4.78 is 0. The van der Waals surface area contributed by atoms with Crippen LogP contribution in [0.4, 0.5) is 11.6 Å². The molecule has 1 saturated heterocycles. The Hall–Kier alpha value is -1.85. The first-order chi connectivity index (χ1) is 8.70. The summed E-state index contributed by atoms with van der Waals surface area (Å²) in [7, 11) is 0. The molecule has 18 heavy (non-hydrogen) atoms. The Kier molecular flexibility index (Phi) is 3.96. The fraction of sp³-hybridized carbons (Fsp3) is 0.583. The van der Waals surface area contributed by atoms with Crippen molar-refractivity contribution < 1.29 is 4.79 Å². The van der Waals surface area contributed by atoms with E-state index in [4.69, 9.17) is 0 Å². The standard InChI is InChI=1S/C12H19N5O/c1-3-13-11-8(2)12(16-7-15-11)14-6-9-4-5-10(18)17-9/h7,9H,3-6H2,1-2H3,(H,17,18)(H2,13,14,15,16). The van der Waals surface area contributed by atoms with E-state index in [1.165, 1.54) is 0 Å². The van der Waals surface area contributed by atoms with Crippen molar-refractivity contribution in [1.82, 2.24) is 15.3 Å². The van der Waals surface area contributed by atoms with Gasteiger partial charge in [-0.05, 0) is 20.3 Å². The highest BCUT2D eigenvalue weighted by Gasteiger charge is 2.20. The lowest BCUT2D eigenvalue weighted by molar-refractivity contribution is -0.119. The summed E-state index contributed by atoms with van der Waals surface area (Å²) in [6.07, 6.45) is 3.05. The summed E-state index contributed by atoms with van der Waals surface area (Å²) in [4.78, 5) is 19.5. The number of aromatic nitrogens is 2. The molecule has 3 N–H and O–H groups in total. The van der Waals surface area contributed by atoms with Crippen molar-refractivity contribution in [1.29, 1.82) is 0 Å². The van der Waals surface area contributed by atoms with Gasteiger partial charge in [0.1, 0.15) is 18.0 Å². The van der Waals surface area contributed by atoms with Crippen LogP contribution in [0.15, 0.2) is 6.33 Å². The lowest BCUT2D eigenvalue weighted by Gasteiger charge is -2.14. The predicted octanol–water partition coefficient (Wildman–Crippen LogP) is 0.907. The van der Waals surface area contributed by atoms with Gasteiger partial charge in [-0.2, -0.15) is 0 Å². The zero-order chi connectivity index (χ0) is 13.0. The first kappa shape index (κ1) is 12.6. The van der Waals surface area contributed by atoms with E-state index in [9.17, 15) is 4.79 Å². The Morgan fingerprint density at radius 3 is 2.72 bits per heavy atom. The Labute approximate surface area is 107 Å². The van der Waals surface area contributed by atoms with Crippen LogP contribution >= 0.6 is 0 Å². The molecule has 0 aliphatic carbocycles. The normalized spacial score (nSPS) is 18.6. The molecule has 6 heteroatoms. The monoisotopic (exact) mass is 249 g/mol. The molecule has 1 aliphatic heterocycles. The third-order valence-corrected chi connectivity index (χ3v) is 3.03. The number of carbonyl (C=O) groups excluding carboxylic acids is 1. The highest BCUT2D eigenvalue weighted by Crippen LogP contribution is 2.18. The molecule has 0 aromatic carbocycles. The third-order valence-electron chi connectivity index (χ3n) is 3.03. The molecule has 2 heterocycles. The van der Waals surface area contributed by atoms with Crippen molar-refractivity contribution in [3.05, 3.63) is 11.9 Å². The minimum absolute atomic E-state index is 0.134. The van der Waals surface area contributed by atoms with E-state index in [-0.39, 0.29) is 11.9 Å². The van der Waals surface area contributed by atoms with Gasteiger partial charge in [0.2, 0.25) is 5.91 Å². The van der Waals surface area contributed by atoms with Crippen LogP contribution in [0, 0.1) is 6.92 Å². The van der Waals surface area contributed by atoms with E-state index < -0.39 is 0 Å². The second-order valence-corrected chi connectivity index (χ2v) is 4.41. The highest BCUT2D eigenvalue weighted by molar-refractivity contribution is 5.78. The van der Waals surface area contributed by atoms with Crippen LogP contribution in [0.25, 0.3) is 0 Å². The summed E-state index contributed by atoms with van der Waals surface area (Å²) in [6, 6.07) is 0.203. The fourth-order valence-corrected chi connectivity index (χ4v) is 2.02. The summed E-state index contributed by atoms with van der Waals surface area (Å²) >= 11 is 0. The molecule has 1 aromatic rings. The van der Waals surface area contributed by atoms with E-state index in [0.29, 0.717) is 13.0 Å². The topological polar surface area (TPSA) is 78.9 Å². The van der Waals surface area contributed by atoms with E-state index in [1.54, 1.807) is 6.33 Å². The molecular weight excluding hydrogens is 230 g/mol. The number of nitrogens with zero attached hydrogens (tertiary/aromatic N) is 2. The van der Waals surface area contributed by atoms with Crippen molar-refractivity contribution in [3.8, 4) is 0 Å². The third kappa shape index (κ3) is 2.88. The maximum absolute atomic E-state index is 11.1. The van der Waals surface area contributed by atoms with Crippen LogP contribution < -0.4 is 16.0 Å². The Balaban J connectivity index is 1.96. The van der Waals surface area contributed by atoms with Gasteiger partial charge >= 0.3 is 0 Å². The average Bonchev–Trinajstić information content (AvgIpc) is 2.77. The molecule has 1 aromatic heterocycles. The first-order valence-electron chi connectivity index (χ1n) is 6.29. The quantitative estimate of drug-likeness (QED) is 0.723. The van der Waals surface area contributed by atoms with Crippen LogP contribution in [0.1, 0.15) is 25.3 Å². The second kappa shape index (κ2) is 5.66. The fourth-order valence-electron chi connectivity index (χ4n) is 2.02. The molecule has 0 saturated carbocycles. The maximum atomic E-state index is 11.1. The number of rotatable bonds is 5. The van der Waals surface area contributed by atoms with Crippen molar-refractivity contribution in [2.24, 2.45) is 0 Å². The van der Waals surface area contributed by atoms with Gasteiger partial charge in [-0.25, -0.2) is 9.97 Å². The number of anilines is 2. The zero-order valence-electron chi connectivity index (χ0n) is 10.8. The van der Waals surface area contributed by atoms with Gasteiger partial charge in [-0.1, -0.05) is 0 Å². The summed E-state index contributed by atoms with van der Waals surface area (Å²) in [5, 5.41) is 9.38. The molecule has 0 spiro atoms. The number of hydrogen-bond donors (Lipinski definition) is 3. The Bertz CT molecular complexity index is 434. The van der Waals surface area contributed by atoms with Gasteiger partial charge in [0.15, 0.2) is 0 Å².